The van der Waals surface area contributed by atoms with Gasteiger partial charge in [0.1, 0.15) is 11.5 Å². The van der Waals surface area contributed by atoms with Crippen LogP contribution in [0, 0.1) is 0 Å². The number of ether oxygens (including phenoxy) is 1. The van der Waals surface area contributed by atoms with Gasteiger partial charge in [-0.25, -0.2) is 9.97 Å². The van der Waals surface area contributed by atoms with E-state index < -0.39 is 0 Å². The van der Waals surface area contributed by atoms with Gasteiger partial charge in [0, 0.05) is 27.6 Å². The van der Waals surface area contributed by atoms with E-state index in [1.807, 2.05) is 30.3 Å². The minimum Gasteiger partial charge on any atom is -0.456 e. The maximum absolute atomic E-state index is 6.42. The molecular weight excluding hydrogens is 645 g/mol. The zero-order valence-corrected chi connectivity index (χ0v) is 28.6. The SMILES string of the molecule is c1ccc(-c2nc(-c3ccc(-c4c5ccccc5cc5c4ccc4ccccc45)cc3)cc(-c3ccc4c(c3)-c3cccc5cccc(c35)O4)n2)cc1. The van der Waals surface area contributed by atoms with Crippen LogP contribution in [0.4, 0.5) is 0 Å². The second-order valence-corrected chi connectivity index (χ2v) is 13.7. The number of nitrogens with zero attached hydrogens (tertiary/aromatic N) is 2. The van der Waals surface area contributed by atoms with Gasteiger partial charge in [-0.2, -0.15) is 0 Å². The number of hydrogen-bond donors (Lipinski definition) is 0. The van der Waals surface area contributed by atoms with Crippen LogP contribution in [0.15, 0.2) is 182 Å². The first-order valence-corrected chi connectivity index (χ1v) is 18.0. The molecule has 0 bridgehead atoms. The van der Waals surface area contributed by atoms with Gasteiger partial charge in [0.05, 0.1) is 11.4 Å². The van der Waals surface area contributed by atoms with Crippen LogP contribution in [-0.2, 0) is 0 Å². The zero-order chi connectivity index (χ0) is 34.9. The van der Waals surface area contributed by atoms with Crippen molar-refractivity contribution in [2.75, 3.05) is 0 Å². The van der Waals surface area contributed by atoms with E-state index in [4.69, 9.17) is 14.7 Å². The molecule has 3 heteroatoms. The van der Waals surface area contributed by atoms with Crippen molar-refractivity contribution in [1.82, 2.24) is 9.97 Å². The molecule has 0 N–H and O–H groups in total. The Morgan fingerprint density at radius 2 is 1.02 bits per heavy atom. The Morgan fingerprint density at radius 3 is 1.87 bits per heavy atom. The van der Waals surface area contributed by atoms with Crippen molar-refractivity contribution in [3.05, 3.63) is 182 Å². The lowest BCUT2D eigenvalue weighted by atomic mass is 9.89. The summed E-state index contributed by atoms with van der Waals surface area (Å²) in [5.74, 6) is 2.43. The zero-order valence-electron chi connectivity index (χ0n) is 28.6. The maximum atomic E-state index is 6.42. The largest absolute Gasteiger partial charge is 0.456 e. The first-order valence-electron chi connectivity index (χ1n) is 18.0. The van der Waals surface area contributed by atoms with Crippen molar-refractivity contribution < 1.29 is 4.74 Å². The summed E-state index contributed by atoms with van der Waals surface area (Å²) in [6, 6.07) is 64.5. The van der Waals surface area contributed by atoms with Crippen molar-refractivity contribution in [1.29, 1.82) is 0 Å². The molecule has 0 atom stereocenters. The molecule has 1 aromatic heterocycles. The van der Waals surface area contributed by atoms with E-state index in [0.29, 0.717) is 5.82 Å². The lowest BCUT2D eigenvalue weighted by molar-refractivity contribution is 0.487. The van der Waals surface area contributed by atoms with Gasteiger partial charge in [0.25, 0.3) is 0 Å². The van der Waals surface area contributed by atoms with Crippen LogP contribution >= 0.6 is 0 Å². The Bertz CT molecular complexity index is 3070. The average Bonchev–Trinajstić information content (AvgIpc) is 3.23. The predicted octanol–water partition coefficient (Wildman–Crippen LogP) is 13.5. The van der Waals surface area contributed by atoms with Crippen molar-refractivity contribution in [2.45, 2.75) is 0 Å². The van der Waals surface area contributed by atoms with E-state index in [2.05, 4.69) is 152 Å². The predicted molar refractivity (Wildman–Crippen MR) is 219 cm³/mol. The molecule has 0 radical (unpaired) electrons. The molecule has 0 unspecified atom stereocenters. The summed E-state index contributed by atoms with van der Waals surface area (Å²) in [6.07, 6.45) is 0. The average molecular weight is 675 g/mol. The van der Waals surface area contributed by atoms with Crippen LogP contribution in [0.3, 0.4) is 0 Å². The van der Waals surface area contributed by atoms with E-state index in [9.17, 15) is 0 Å². The fraction of sp³-hybridized carbons (Fsp3) is 0. The van der Waals surface area contributed by atoms with E-state index in [-0.39, 0.29) is 0 Å². The van der Waals surface area contributed by atoms with Gasteiger partial charge in [-0.1, -0.05) is 146 Å². The van der Waals surface area contributed by atoms with E-state index >= 15 is 0 Å². The molecular formula is C50H30N2O. The monoisotopic (exact) mass is 674 g/mol. The molecule has 10 aromatic rings. The fourth-order valence-corrected chi connectivity index (χ4v) is 8.12. The van der Waals surface area contributed by atoms with Crippen LogP contribution in [0.2, 0.25) is 0 Å². The molecule has 246 valence electrons. The fourth-order valence-electron chi connectivity index (χ4n) is 8.12. The molecule has 0 saturated heterocycles. The molecule has 1 aliphatic heterocycles. The van der Waals surface area contributed by atoms with Gasteiger partial charge in [-0.05, 0) is 90.8 Å². The van der Waals surface area contributed by atoms with E-state index in [1.54, 1.807) is 0 Å². The second-order valence-electron chi connectivity index (χ2n) is 13.7. The third-order valence-corrected chi connectivity index (χ3v) is 10.6. The van der Waals surface area contributed by atoms with Gasteiger partial charge in [-0.3, -0.25) is 0 Å². The lowest BCUT2D eigenvalue weighted by Gasteiger charge is -2.22. The first-order chi connectivity index (χ1) is 26.2. The molecule has 3 nitrogen and oxygen atoms in total. The first kappa shape index (κ1) is 29.6. The van der Waals surface area contributed by atoms with Gasteiger partial charge < -0.3 is 4.74 Å². The molecule has 1 aliphatic rings. The molecule has 53 heavy (non-hydrogen) atoms. The summed E-state index contributed by atoms with van der Waals surface area (Å²) in [4.78, 5) is 10.3. The molecule has 0 spiro atoms. The van der Waals surface area contributed by atoms with Gasteiger partial charge in [0.2, 0.25) is 0 Å². The summed E-state index contributed by atoms with van der Waals surface area (Å²) in [5, 5.41) is 9.82. The number of fused-ring (bicyclic) bond motifs is 6. The van der Waals surface area contributed by atoms with Crippen LogP contribution in [0.5, 0.6) is 11.5 Å². The van der Waals surface area contributed by atoms with Crippen LogP contribution < -0.4 is 4.74 Å². The van der Waals surface area contributed by atoms with E-state index in [0.717, 1.165) is 50.5 Å². The number of hydrogen-bond acceptors (Lipinski definition) is 3. The maximum Gasteiger partial charge on any atom is 0.160 e. The highest BCUT2D eigenvalue weighted by molar-refractivity contribution is 6.20. The van der Waals surface area contributed by atoms with Gasteiger partial charge in [0.15, 0.2) is 5.82 Å². The van der Waals surface area contributed by atoms with Crippen LogP contribution in [-0.4, -0.2) is 9.97 Å². The highest BCUT2D eigenvalue weighted by Crippen LogP contribution is 2.47. The summed E-state index contributed by atoms with van der Waals surface area (Å²) in [7, 11) is 0. The summed E-state index contributed by atoms with van der Waals surface area (Å²) < 4.78 is 6.42. The molecule has 0 saturated carbocycles. The normalized spacial score (nSPS) is 11.9. The van der Waals surface area contributed by atoms with Crippen molar-refractivity contribution in [3.63, 3.8) is 0 Å². The topological polar surface area (TPSA) is 35.0 Å². The Hall–Kier alpha value is -7.10. The standard InChI is InChI=1S/C50H30N2O/c1-2-11-35(12-3-1)50-51-44(30-45(52-50)37-25-27-46-43(29-37)40-18-8-14-33-15-9-19-47(53-46)49(33)40)32-20-22-34(23-21-32)48-39-17-7-5-13-36(39)28-42-38-16-6-4-10-31(38)24-26-41(42)48/h1-30H. The van der Waals surface area contributed by atoms with Crippen LogP contribution in [0.1, 0.15) is 0 Å². The lowest BCUT2D eigenvalue weighted by Crippen LogP contribution is -1.99. The van der Waals surface area contributed by atoms with Crippen molar-refractivity contribution >= 4 is 43.1 Å². The third kappa shape index (κ3) is 4.82. The van der Waals surface area contributed by atoms with Crippen molar-refractivity contribution in [3.8, 4) is 67.7 Å². The highest BCUT2D eigenvalue weighted by Gasteiger charge is 2.21. The quantitative estimate of drug-likeness (QED) is 0.138. The Labute approximate surface area is 306 Å². The second kappa shape index (κ2) is 11.7. The minimum atomic E-state index is 0.690. The van der Waals surface area contributed by atoms with Crippen LogP contribution in [0.25, 0.3) is 99.2 Å². The summed E-state index contributed by atoms with van der Waals surface area (Å²) in [5.41, 5.74) is 9.40. The molecule has 9 aromatic carbocycles. The molecule has 0 amide bonds. The van der Waals surface area contributed by atoms with Gasteiger partial charge >= 0.3 is 0 Å². The number of benzene rings is 9. The minimum absolute atomic E-state index is 0.690. The molecule has 0 aliphatic carbocycles. The Balaban J connectivity index is 1.06. The summed E-state index contributed by atoms with van der Waals surface area (Å²) in [6.45, 7) is 0. The molecule has 0 fully saturated rings. The third-order valence-electron chi connectivity index (χ3n) is 10.6. The van der Waals surface area contributed by atoms with Gasteiger partial charge in [-0.15, -0.1) is 0 Å². The highest BCUT2D eigenvalue weighted by atomic mass is 16.5. The summed E-state index contributed by atoms with van der Waals surface area (Å²) >= 11 is 0. The molecule has 2 heterocycles. The smallest absolute Gasteiger partial charge is 0.160 e. The Morgan fingerprint density at radius 1 is 0.340 bits per heavy atom. The number of aromatic nitrogens is 2. The Kier molecular flexibility index (Phi) is 6.55. The van der Waals surface area contributed by atoms with E-state index in [1.165, 1.54) is 54.4 Å². The molecule has 11 rings (SSSR count). The number of rotatable bonds is 4. The van der Waals surface area contributed by atoms with Crippen molar-refractivity contribution in [2.24, 2.45) is 0 Å².